The standard InChI is InChI=1S/C32H39NO3/c1-2-31(25-11-7-4-8-12-25)32(26-13-17-28(34)18-14-26)27-15-19-30(20-16-27)36-23-29(35)22-33-21-24-9-5-3-6-10-24/h4,7-8,11-20,24,29,33-35H,2-3,5-6,9-10,21-23H2,1H3. The maximum atomic E-state index is 10.4. The van der Waals surface area contributed by atoms with Crippen molar-refractivity contribution < 1.29 is 14.9 Å². The zero-order valence-corrected chi connectivity index (χ0v) is 21.3. The maximum absolute atomic E-state index is 10.4. The highest BCUT2D eigenvalue weighted by molar-refractivity contribution is 5.98. The number of aromatic hydroxyl groups is 1. The summed E-state index contributed by atoms with van der Waals surface area (Å²) in [5.74, 6) is 1.75. The van der Waals surface area contributed by atoms with Gasteiger partial charge in [0.25, 0.3) is 0 Å². The summed E-state index contributed by atoms with van der Waals surface area (Å²) in [6.45, 7) is 3.98. The van der Waals surface area contributed by atoms with E-state index in [4.69, 9.17) is 4.74 Å². The Bertz CT molecular complexity index is 1080. The van der Waals surface area contributed by atoms with Crippen molar-refractivity contribution in [1.82, 2.24) is 5.32 Å². The first-order valence-electron chi connectivity index (χ1n) is 13.3. The molecule has 3 aromatic rings. The van der Waals surface area contributed by atoms with Crippen LogP contribution in [0.25, 0.3) is 11.1 Å². The van der Waals surface area contributed by atoms with Crippen molar-refractivity contribution in [3.05, 3.63) is 95.6 Å². The van der Waals surface area contributed by atoms with Crippen LogP contribution in [0.5, 0.6) is 11.5 Å². The molecule has 4 rings (SSSR count). The van der Waals surface area contributed by atoms with Crippen LogP contribution in [0.2, 0.25) is 0 Å². The van der Waals surface area contributed by atoms with Crippen LogP contribution in [0.15, 0.2) is 78.9 Å². The largest absolute Gasteiger partial charge is 0.508 e. The topological polar surface area (TPSA) is 61.7 Å². The molecular weight excluding hydrogens is 446 g/mol. The quantitative estimate of drug-likeness (QED) is 0.265. The van der Waals surface area contributed by atoms with Crippen molar-refractivity contribution in [1.29, 1.82) is 0 Å². The second kappa shape index (κ2) is 13.3. The number of phenolic OH excluding ortho intramolecular Hbond substituents is 1. The Labute approximate surface area is 215 Å². The zero-order valence-electron chi connectivity index (χ0n) is 21.3. The highest BCUT2D eigenvalue weighted by Gasteiger charge is 2.15. The number of ether oxygens (including phenoxy) is 1. The van der Waals surface area contributed by atoms with Crippen molar-refractivity contribution in [2.24, 2.45) is 5.92 Å². The number of hydrogen-bond donors (Lipinski definition) is 3. The Morgan fingerprint density at radius 2 is 1.50 bits per heavy atom. The summed E-state index contributed by atoms with van der Waals surface area (Å²) in [5.41, 5.74) is 5.72. The summed E-state index contributed by atoms with van der Waals surface area (Å²) in [5, 5.41) is 23.6. The molecule has 1 saturated carbocycles. The van der Waals surface area contributed by atoms with Gasteiger partial charge in [-0.25, -0.2) is 0 Å². The highest BCUT2D eigenvalue weighted by atomic mass is 16.5. The van der Waals surface area contributed by atoms with E-state index in [9.17, 15) is 10.2 Å². The van der Waals surface area contributed by atoms with Gasteiger partial charge in [0.1, 0.15) is 24.2 Å². The predicted molar refractivity (Wildman–Crippen MR) is 148 cm³/mol. The van der Waals surface area contributed by atoms with Gasteiger partial charge in [0, 0.05) is 6.54 Å². The van der Waals surface area contributed by atoms with Crippen molar-refractivity contribution in [3.63, 3.8) is 0 Å². The van der Waals surface area contributed by atoms with Crippen LogP contribution in [-0.2, 0) is 0 Å². The molecule has 1 aliphatic carbocycles. The summed E-state index contributed by atoms with van der Waals surface area (Å²) in [6.07, 6.45) is 6.98. The molecule has 1 unspecified atom stereocenters. The lowest BCUT2D eigenvalue weighted by molar-refractivity contribution is 0.105. The summed E-state index contributed by atoms with van der Waals surface area (Å²) >= 11 is 0. The number of hydrogen-bond acceptors (Lipinski definition) is 4. The fourth-order valence-corrected chi connectivity index (χ4v) is 5.12. The SMILES string of the molecule is CCC(=C(c1ccc(O)cc1)c1ccc(OCC(O)CNCC2CCCCC2)cc1)c1ccccc1. The highest BCUT2D eigenvalue weighted by Crippen LogP contribution is 2.35. The molecule has 1 fully saturated rings. The number of rotatable bonds is 11. The minimum absolute atomic E-state index is 0.256. The van der Waals surface area contributed by atoms with Crippen molar-refractivity contribution in [2.45, 2.75) is 51.6 Å². The summed E-state index contributed by atoms with van der Waals surface area (Å²) in [4.78, 5) is 0. The van der Waals surface area contributed by atoms with Crippen LogP contribution in [0.3, 0.4) is 0 Å². The van der Waals surface area contributed by atoms with Crippen LogP contribution < -0.4 is 10.1 Å². The number of aliphatic hydroxyl groups excluding tert-OH is 1. The molecule has 190 valence electrons. The van der Waals surface area contributed by atoms with Gasteiger partial charge in [-0.2, -0.15) is 0 Å². The lowest BCUT2D eigenvalue weighted by Gasteiger charge is -2.22. The van der Waals surface area contributed by atoms with Crippen LogP contribution in [0.4, 0.5) is 0 Å². The molecule has 0 aromatic heterocycles. The van der Waals surface area contributed by atoms with Gasteiger partial charge in [-0.05, 0) is 83.8 Å². The Morgan fingerprint density at radius 1 is 0.861 bits per heavy atom. The molecule has 4 heteroatoms. The number of phenols is 1. The van der Waals surface area contributed by atoms with Gasteiger partial charge >= 0.3 is 0 Å². The predicted octanol–water partition coefficient (Wildman–Crippen LogP) is 6.67. The van der Waals surface area contributed by atoms with Gasteiger partial charge in [-0.15, -0.1) is 0 Å². The molecule has 1 aliphatic rings. The molecule has 1 atom stereocenters. The van der Waals surface area contributed by atoms with E-state index in [2.05, 4.69) is 48.6 Å². The van der Waals surface area contributed by atoms with E-state index in [1.165, 1.54) is 43.2 Å². The Hall–Kier alpha value is -3.08. The molecule has 0 heterocycles. The molecule has 36 heavy (non-hydrogen) atoms. The third kappa shape index (κ3) is 7.22. The summed E-state index contributed by atoms with van der Waals surface area (Å²) in [7, 11) is 0. The van der Waals surface area contributed by atoms with Crippen molar-refractivity contribution >= 4 is 11.1 Å². The van der Waals surface area contributed by atoms with Gasteiger partial charge in [-0.3, -0.25) is 0 Å². The average Bonchev–Trinajstić information content (AvgIpc) is 2.93. The monoisotopic (exact) mass is 485 g/mol. The van der Waals surface area contributed by atoms with Gasteiger partial charge in [-0.1, -0.05) is 80.8 Å². The summed E-state index contributed by atoms with van der Waals surface area (Å²) in [6, 6.07) is 25.9. The number of benzene rings is 3. The number of aliphatic hydroxyl groups is 1. The fourth-order valence-electron chi connectivity index (χ4n) is 5.12. The van der Waals surface area contributed by atoms with Gasteiger partial charge in [0.05, 0.1) is 0 Å². The van der Waals surface area contributed by atoms with Crippen LogP contribution in [0.1, 0.15) is 62.1 Å². The van der Waals surface area contributed by atoms with Crippen LogP contribution in [-0.4, -0.2) is 36.0 Å². The molecule has 0 amide bonds. The second-order valence-corrected chi connectivity index (χ2v) is 9.77. The molecule has 0 saturated heterocycles. The van der Waals surface area contributed by atoms with Gasteiger partial charge < -0.3 is 20.3 Å². The fraction of sp³-hybridized carbons (Fsp3) is 0.375. The molecule has 3 N–H and O–H groups in total. The lowest BCUT2D eigenvalue weighted by atomic mass is 9.88. The van der Waals surface area contributed by atoms with Crippen molar-refractivity contribution in [2.75, 3.05) is 19.7 Å². The average molecular weight is 486 g/mol. The van der Waals surface area contributed by atoms with Crippen molar-refractivity contribution in [3.8, 4) is 11.5 Å². The molecular formula is C32H39NO3. The molecule has 0 spiro atoms. The van der Waals surface area contributed by atoms with E-state index in [-0.39, 0.29) is 12.4 Å². The van der Waals surface area contributed by atoms with Crippen LogP contribution in [0, 0.1) is 5.92 Å². The zero-order chi connectivity index (χ0) is 25.2. The molecule has 4 nitrogen and oxygen atoms in total. The molecule has 0 radical (unpaired) electrons. The Kier molecular flexibility index (Phi) is 9.60. The third-order valence-electron chi connectivity index (χ3n) is 7.06. The summed E-state index contributed by atoms with van der Waals surface area (Å²) < 4.78 is 5.90. The van der Waals surface area contributed by atoms with E-state index in [0.717, 1.165) is 41.3 Å². The van der Waals surface area contributed by atoms with E-state index in [1.807, 2.05) is 30.3 Å². The van der Waals surface area contributed by atoms with E-state index in [0.29, 0.717) is 6.54 Å². The molecule has 3 aromatic carbocycles. The first kappa shape index (κ1) is 26.0. The van der Waals surface area contributed by atoms with Crippen LogP contribution >= 0.6 is 0 Å². The molecule has 0 aliphatic heterocycles. The normalized spacial score (nSPS) is 15.8. The van der Waals surface area contributed by atoms with E-state index < -0.39 is 6.10 Å². The smallest absolute Gasteiger partial charge is 0.119 e. The van der Waals surface area contributed by atoms with E-state index >= 15 is 0 Å². The number of allylic oxidation sites excluding steroid dienone is 1. The third-order valence-corrected chi connectivity index (χ3v) is 7.06. The van der Waals surface area contributed by atoms with Gasteiger partial charge in [0.15, 0.2) is 0 Å². The number of nitrogens with one attached hydrogen (secondary N) is 1. The maximum Gasteiger partial charge on any atom is 0.119 e. The van der Waals surface area contributed by atoms with E-state index in [1.54, 1.807) is 12.1 Å². The van der Waals surface area contributed by atoms with Gasteiger partial charge in [0.2, 0.25) is 0 Å². The molecule has 0 bridgehead atoms. The lowest BCUT2D eigenvalue weighted by Crippen LogP contribution is -2.34. The Balaban J connectivity index is 1.44. The second-order valence-electron chi connectivity index (χ2n) is 9.77. The first-order valence-corrected chi connectivity index (χ1v) is 13.3. The minimum Gasteiger partial charge on any atom is -0.508 e. The Morgan fingerprint density at radius 3 is 2.14 bits per heavy atom. The minimum atomic E-state index is -0.537. The first-order chi connectivity index (χ1) is 17.6.